The van der Waals surface area contributed by atoms with Crippen LogP contribution in [0, 0.1) is 0 Å². The smallest absolute Gasteiger partial charge is 0.416 e. The van der Waals surface area contributed by atoms with Gasteiger partial charge in [0.25, 0.3) is 0 Å². The van der Waals surface area contributed by atoms with Gasteiger partial charge in [0.05, 0.1) is 23.3 Å². The zero-order chi connectivity index (χ0) is 13.9. The Morgan fingerprint density at radius 3 is 2.44 bits per heavy atom. The molecule has 1 rings (SSSR count). The van der Waals surface area contributed by atoms with Crippen LogP contribution < -0.4 is 0 Å². The molecular formula is C12H12ClF3O2. The first-order valence-corrected chi connectivity index (χ1v) is 5.67. The summed E-state index contributed by atoms with van der Waals surface area (Å²) in [6, 6.07) is 1.69. The molecule has 6 heteroatoms. The average Bonchev–Trinajstić information content (AvgIpc) is 2.29. The average molecular weight is 281 g/mol. The lowest BCUT2D eigenvalue weighted by atomic mass is 10.0. The summed E-state index contributed by atoms with van der Waals surface area (Å²) in [7, 11) is 1.10. The van der Waals surface area contributed by atoms with E-state index in [1.54, 1.807) is 0 Å². The van der Waals surface area contributed by atoms with Crippen molar-refractivity contribution in [1.82, 2.24) is 0 Å². The lowest BCUT2D eigenvalue weighted by Crippen LogP contribution is -2.11. The van der Waals surface area contributed by atoms with Crippen molar-refractivity contribution in [2.75, 3.05) is 7.11 Å². The number of alkyl halides is 3. The molecule has 0 N–H and O–H groups in total. The van der Waals surface area contributed by atoms with Crippen LogP contribution in [0.1, 0.15) is 34.8 Å². The van der Waals surface area contributed by atoms with Crippen molar-refractivity contribution in [2.24, 2.45) is 0 Å². The van der Waals surface area contributed by atoms with Gasteiger partial charge in [-0.1, -0.05) is 24.9 Å². The standard InChI is InChI=1S/C12H12ClF3O2/c1-3-4-7-5-8(12(14,15)16)6-9(10(7)13)11(17)18-2/h5-6H,3-4H2,1-2H3. The number of halogens is 4. The summed E-state index contributed by atoms with van der Waals surface area (Å²) in [5, 5.41) is 0.0247. The molecule has 0 atom stereocenters. The number of hydrogen-bond donors (Lipinski definition) is 0. The highest BCUT2D eigenvalue weighted by Gasteiger charge is 2.33. The zero-order valence-corrected chi connectivity index (χ0v) is 10.7. The number of esters is 1. The molecule has 2 nitrogen and oxygen atoms in total. The SMILES string of the molecule is CCCc1cc(C(F)(F)F)cc(C(=O)OC)c1Cl. The molecule has 0 saturated carbocycles. The van der Waals surface area contributed by atoms with Gasteiger partial charge >= 0.3 is 12.1 Å². The fourth-order valence-corrected chi connectivity index (χ4v) is 1.84. The molecular weight excluding hydrogens is 269 g/mol. The zero-order valence-electron chi connectivity index (χ0n) is 9.90. The van der Waals surface area contributed by atoms with Crippen LogP contribution in [0.15, 0.2) is 12.1 Å². The minimum atomic E-state index is -4.52. The minimum absolute atomic E-state index is 0.0247. The second-order valence-electron chi connectivity index (χ2n) is 3.74. The topological polar surface area (TPSA) is 26.3 Å². The summed E-state index contributed by atoms with van der Waals surface area (Å²) in [5.41, 5.74) is -0.845. The predicted octanol–water partition coefficient (Wildman–Crippen LogP) is 4.10. The lowest BCUT2D eigenvalue weighted by Gasteiger charge is -2.13. The van der Waals surface area contributed by atoms with Crippen molar-refractivity contribution in [2.45, 2.75) is 25.9 Å². The van der Waals surface area contributed by atoms with Crippen LogP contribution in [0.3, 0.4) is 0 Å². The summed E-state index contributed by atoms with van der Waals surface area (Å²) >= 11 is 5.92. The first-order chi connectivity index (χ1) is 8.31. The molecule has 0 heterocycles. The molecule has 0 fully saturated rings. The van der Waals surface area contributed by atoms with E-state index < -0.39 is 17.7 Å². The maximum Gasteiger partial charge on any atom is 0.416 e. The van der Waals surface area contributed by atoms with Gasteiger partial charge in [-0.25, -0.2) is 4.79 Å². The molecule has 1 aromatic carbocycles. The van der Waals surface area contributed by atoms with Gasteiger partial charge in [-0.15, -0.1) is 0 Å². The number of aryl methyl sites for hydroxylation is 1. The van der Waals surface area contributed by atoms with Crippen molar-refractivity contribution >= 4 is 17.6 Å². The second kappa shape index (κ2) is 5.61. The predicted molar refractivity (Wildman–Crippen MR) is 61.8 cm³/mol. The highest BCUT2D eigenvalue weighted by atomic mass is 35.5. The molecule has 0 spiro atoms. The third-order valence-electron chi connectivity index (χ3n) is 2.40. The second-order valence-corrected chi connectivity index (χ2v) is 4.11. The summed E-state index contributed by atoms with van der Waals surface area (Å²) in [6.45, 7) is 1.81. The summed E-state index contributed by atoms with van der Waals surface area (Å²) in [5.74, 6) is -0.872. The van der Waals surface area contributed by atoms with E-state index in [9.17, 15) is 18.0 Å². The number of carbonyl (C=O) groups is 1. The van der Waals surface area contributed by atoms with Crippen LogP contribution in [0.5, 0.6) is 0 Å². The molecule has 100 valence electrons. The first kappa shape index (κ1) is 14.8. The molecule has 18 heavy (non-hydrogen) atoms. The van der Waals surface area contributed by atoms with E-state index in [-0.39, 0.29) is 10.6 Å². The molecule has 0 aliphatic carbocycles. The van der Waals surface area contributed by atoms with Crippen LogP contribution >= 0.6 is 11.6 Å². The normalized spacial score (nSPS) is 11.4. The van der Waals surface area contributed by atoms with Gasteiger partial charge in [0.2, 0.25) is 0 Å². The van der Waals surface area contributed by atoms with Crippen molar-refractivity contribution in [3.05, 3.63) is 33.8 Å². The van der Waals surface area contributed by atoms with Gasteiger partial charge < -0.3 is 4.74 Å². The third kappa shape index (κ3) is 3.16. The van der Waals surface area contributed by atoms with Crippen molar-refractivity contribution < 1.29 is 22.7 Å². The van der Waals surface area contributed by atoms with E-state index >= 15 is 0 Å². The number of benzene rings is 1. The Balaban J connectivity index is 3.41. The Morgan fingerprint density at radius 1 is 1.39 bits per heavy atom. The number of carbonyl (C=O) groups excluding carboxylic acids is 1. The molecule has 0 aliphatic heterocycles. The van der Waals surface area contributed by atoms with Crippen LogP contribution in [0.4, 0.5) is 13.2 Å². The Kier molecular flexibility index (Phi) is 4.62. The summed E-state index contributed by atoms with van der Waals surface area (Å²) < 4.78 is 42.5. The van der Waals surface area contributed by atoms with Gasteiger partial charge in [0.1, 0.15) is 0 Å². The van der Waals surface area contributed by atoms with E-state index in [0.717, 1.165) is 13.2 Å². The van der Waals surface area contributed by atoms with Gasteiger partial charge in [0, 0.05) is 0 Å². The van der Waals surface area contributed by atoms with Crippen LogP contribution in [0.2, 0.25) is 5.02 Å². The molecule has 0 aromatic heterocycles. The Labute approximate surface area is 108 Å². The highest BCUT2D eigenvalue weighted by molar-refractivity contribution is 6.34. The van der Waals surface area contributed by atoms with Crippen LogP contribution in [0.25, 0.3) is 0 Å². The maximum atomic E-state index is 12.7. The maximum absolute atomic E-state index is 12.7. The highest BCUT2D eigenvalue weighted by Crippen LogP contribution is 2.34. The quantitative estimate of drug-likeness (QED) is 0.779. The first-order valence-electron chi connectivity index (χ1n) is 5.29. The number of ether oxygens (including phenoxy) is 1. The molecule has 0 bridgehead atoms. The summed E-state index contributed by atoms with van der Waals surface area (Å²) in [4.78, 5) is 11.4. The molecule has 0 aliphatic rings. The Bertz CT molecular complexity index is 455. The van der Waals surface area contributed by atoms with E-state index in [2.05, 4.69) is 4.74 Å². The van der Waals surface area contributed by atoms with Gasteiger partial charge in [-0.2, -0.15) is 13.2 Å². The van der Waals surface area contributed by atoms with E-state index in [1.807, 2.05) is 6.92 Å². The van der Waals surface area contributed by atoms with Crippen LogP contribution in [-0.4, -0.2) is 13.1 Å². The monoisotopic (exact) mass is 280 g/mol. The number of rotatable bonds is 3. The van der Waals surface area contributed by atoms with E-state index in [4.69, 9.17) is 11.6 Å². The van der Waals surface area contributed by atoms with Crippen molar-refractivity contribution in [3.8, 4) is 0 Å². The fraction of sp³-hybridized carbons (Fsp3) is 0.417. The molecule has 0 radical (unpaired) electrons. The van der Waals surface area contributed by atoms with E-state index in [1.165, 1.54) is 0 Å². The lowest BCUT2D eigenvalue weighted by molar-refractivity contribution is -0.137. The Hall–Kier alpha value is -1.23. The third-order valence-corrected chi connectivity index (χ3v) is 2.85. The fourth-order valence-electron chi connectivity index (χ4n) is 1.56. The molecule has 0 unspecified atom stereocenters. The molecule has 0 amide bonds. The van der Waals surface area contributed by atoms with Crippen LogP contribution in [-0.2, 0) is 17.3 Å². The number of methoxy groups -OCH3 is 1. The minimum Gasteiger partial charge on any atom is -0.465 e. The Morgan fingerprint density at radius 2 is 2.00 bits per heavy atom. The summed E-state index contributed by atoms with van der Waals surface area (Å²) in [6.07, 6.45) is -3.52. The molecule has 0 saturated heterocycles. The van der Waals surface area contributed by atoms with Crippen molar-refractivity contribution in [1.29, 1.82) is 0 Å². The van der Waals surface area contributed by atoms with Crippen molar-refractivity contribution in [3.63, 3.8) is 0 Å². The molecule has 1 aromatic rings. The van der Waals surface area contributed by atoms with Gasteiger partial charge in [0.15, 0.2) is 0 Å². The van der Waals surface area contributed by atoms with Gasteiger partial charge in [-0.3, -0.25) is 0 Å². The number of hydrogen-bond acceptors (Lipinski definition) is 2. The van der Waals surface area contributed by atoms with E-state index in [0.29, 0.717) is 24.5 Å². The van der Waals surface area contributed by atoms with Gasteiger partial charge in [-0.05, 0) is 24.1 Å². The largest absolute Gasteiger partial charge is 0.465 e.